The third-order valence-corrected chi connectivity index (χ3v) is 2.23. The van der Waals surface area contributed by atoms with Gasteiger partial charge in [-0.3, -0.25) is 0 Å². The van der Waals surface area contributed by atoms with E-state index in [1.165, 1.54) is 14.0 Å². The van der Waals surface area contributed by atoms with Crippen LogP contribution in [0.3, 0.4) is 0 Å². The molecule has 0 radical (unpaired) electrons. The van der Waals surface area contributed by atoms with Gasteiger partial charge < -0.3 is 9.47 Å². The fraction of sp³-hybridized carbons (Fsp3) is 0.455. The number of rotatable bonds is 4. The Morgan fingerprint density at radius 2 is 2.18 bits per heavy atom. The fourth-order valence-corrected chi connectivity index (χ4v) is 1.41. The van der Waals surface area contributed by atoms with Gasteiger partial charge in [0, 0.05) is 17.3 Å². The molecule has 0 bridgehead atoms. The van der Waals surface area contributed by atoms with Crippen LogP contribution in [-0.2, 0) is 4.74 Å². The summed E-state index contributed by atoms with van der Waals surface area (Å²) in [7, 11) is 1.29. The van der Waals surface area contributed by atoms with Gasteiger partial charge in [-0.25, -0.2) is 18.6 Å². The lowest BCUT2D eigenvalue weighted by Gasteiger charge is -2.12. The van der Waals surface area contributed by atoms with Crippen LogP contribution in [0.2, 0.25) is 0 Å². The number of nitrogens with zero attached hydrogens (tertiary/aromatic N) is 1. The highest BCUT2D eigenvalue weighted by Crippen LogP contribution is 2.30. The van der Waals surface area contributed by atoms with E-state index in [1.807, 2.05) is 0 Å². The zero-order valence-electron chi connectivity index (χ0n) is 9.79. The SMILES string of the molecule is CCOC(=O)c1ncc(C(F)F)c(C)c1OC. The van der Waals surface area contributed by atoms with Crippen LogP contribution in [0.1, 0.15) is 35.0 Å². The molecular formula is C11H13F2NO3. The third kappa shape index (κ3) is 2.69. The van der Waals surface area contributed by atoms with E-state index < -0.39 is 12.4 Å². The Bertz CT molecular complexity index is 421. The van der Waals surface area contributed by atoms with Crippen LogP contribution in [0, 0.1) is 6.92 Å². The topological polar surface area (TPSA) is 48.4 Å². The van der Waals surface area contributed by atoms with Gasteiger partial charge in [-0.1, -0.05) is 0 Å². The van der Waals surface area contributed by atoms with Crippen molar-refractivity contribution in [3.63, 3.8) is 0 Å². The molecule has 0 saturated heterocycles. The van der Waals surface area contributed by atoms with Crippen LogP contribution in [0.15, 0.2) is 6.20 Å². The van der Waals surface area contributed by atoms with E-state index in [4.69, 9.17) is 9.47 Å². The molecule has 0 spiro atoms. The second-order valence-corrected chi connectivity index (χ2v) is 3.24. The second-order valence-electron chi connectivity index (χ2n) is 3.24. The van der Waals surface area contributed by atoms with Gasteiger partial charge in [-0.05, 0) is 13.8 Å². The van der Waals surface area contributed by atoms with Crippen molar-refractivity contribution in [3.8, 4) is 5.75 Å². The van der Waals surface area contributed by atoms with Gasteiger partial charge >= 0.3 is 5.97 Å². The minimum Gasteiger partial charge on any atom is -0.494 e. The maximum Gasteiger partial charge on any atom is 0.360 e. The van der Waals surface area contributed by atoms with Gasteiger partial charge in [0.05, 0.1) is 13.7 Å². The molecule has 0 amide bonds. The molecule has 0 aliphatic heterocycles. The van der Waals surface area contributed by atoms with E-state index in [0.29, 0.717) is 0 Å². The molecular weight excluding hydrogens is 232 g/mol. The first-order chi connectivity index (χ1) is 8.02. The molecule has 94 valence electrons. The minimum atomic E-state index is -2.66. The smallest absolute Gasteiger partial charge is 0.360 e. The summed E-state index contributed by atoms with van der Waals surface area (Å²) in [5, 5.41) is 0. The van der Waals surface area contributed by atoms with Crippen molar-refractivity contribution in [2.75, 3.05) is 13.7 Å². The molecule has 0 aliphatic carbocycles. The number of alkyl halides is 2. The zero-order valence-corrected chi connectivity index (χ0v) is 9.79. The monoisotopic (exact) mass is 245 g/mol. The van der Waals surface area contributed by atoms with Gasteiger partial charge in [-0.2, -0.15) is 0 Å². The highest BCUT2D eigenvalue weighted by molar-refractivity contribution is 5.90. The molecule has 0 atom stereocenters. The molecule has 6 heteroatoms. The zero-order chi connectivity index (χ0) is 13.0. The summed E-state index contributed by atoms with van der Waals surface area (Å²) in [5.74, 6) is -0.658. The normalized spacial score (nSPS) is 10.5. The molecule has 0 unspecified atom stereocenters. The van der Waals surface area contributed by atoms with Gasteiger partial charge in [0.25, 0.3) is 6.43 Å². The standard InChI is InChI=1S/C11H13F2NO3/c1-4-17-11(15)8-9(16-3)6(2)7(5-14-8)10(12)13/h5,10H,4H2,1-3H3. The average Bonchev–Trinajstić information content (AvgIpc) is 2.28. The van der Waals surface area contributed by atoms with Crippen LogP contribution in [0.4, 0.5) is 8.78 Å². The number of aromatic nitrogens is 1. The Labute approximate surface area is 97.6 Å². The number of ether oxygens (including phenoxy) is 2. The lowest BCUT2D eigenvalue weighted by atomic mass is 10.1. The molecule has 1 aromatic rings. The van der Waals surface area contributed by atoms with E-state index in [1.54, 1.807) is 6.92 Å². The first kappa shape index (κ1) is 13.3. The number of carbonyl (C=O) groups is 1. The third-order valence-electron chi connectivity index (χ3n) is 2.23. The number of pyridine rings is 1. The fourth-order valence-electron chi connectivity index (χ4n) is 1.41. The van der Waals surface area contributed by atoms with E-state index in [2.05, 4.69) is 4.98 Å². The van der Waals surface area contributed by atoms with E-state index in [-0.39, 0.29) is 29.2 Å². The van der Waals surface area contributed by atoms with Crippen molar-refractivity contribution in [2.24, 2.45) is 0 Å². The van der Waals surface area contributed by atoms with Crippen molar-refractivity contribution < 1.29 is 23.0 Å². The molecule has 0 N–H and O–H groups in total. The van der Waals surface area contributed by atoms with Crippen molar-refractivity contribution in [3.05, 3.63) is 23.0 Å². The molecule has 1 rings (SSSR count). The molecule has 17 heavy (non-hydrogen) atoms. The summed E-state index contributed by atoms with van der Waals surface area (Å²) in [6.45, 7) is 3.27. The van der Waals surface area contributed by atoms with Crippen molar-refractivity contribution in [1.29, 1.82) is 0 Å². The Kier molecular flexibility index (Phi) is 4.37. The molecule has 4 nitrogen and oxygen atoms in total. The molecule has 1 heterocycles. The predicted octanol–water partition coefficient (Wildman–Crippen LogP) is 2.51. The van der Waals surface area contributed by atoms with Crippen molar-refractivity contribution >= 4 is 5.97 Å². The molecule has 0 aliphatic rings. The Morgan fingerprint density at radius 3 is 2.65 bits per heavy atom. The van der Waals surface area contributed by atoms with Crippen LogP contribution in [0.25, 0.3) is 0 Å². The highest BCUT2D eigenvalue weighted by atomic mass is 19.3. The quantitative estimate of drug-likeness (QED) is 0.765. The minimum absolute atomic E-state index is 0.0289. The Balaban J connectivity index is 3.25. The van der Waals surface area contributed by atoms with Crippen LogP contribution < -0.4 is 4.74 Å². The predicted molar refractivity (Wildman–Crippen MR) is 56.4 cm³/mol. The number of esters is 1. The number of carbonyl (C=O) groups excluding carboxylic acids is 1. The van der Waals surface area contributed by atoms with Gasteiger partial charge in [-0.15, -0.1) is 0 Å². The largest absolute Gasteiger partial charge is 0.494 e. The molecule has 0 fully saturated rings. The highest BCUT2D eigenvalue weighted by Gasteiger charge is 2.22. The van der Waals surface area contributed by atoms with Crippen LogP contribution >= 0.6 is 0 Å². The summed E-state index contributed by atoms with van der Waals surface area (Å²) in [6.07, 6.45) is -1.69. The number of hydrogen-bond donors (Lipinski definition) is 0. The lowest BCUT2D eigenvalue weighted by molar-refractivity contribution is 0.0514. The first-order valence-electron chi connectivity index (χ1n) is 5.01. The lowest BCUT2D eigenvalue weighted by Crippen LogP contribution is -2.11. The van der Waals surface area contributed by atoms with Gasteiger partial charge in [0.2, 0.25) is 0 Å². The Morgan fingerprint density at radius 1 is 1.53 bits per heavy atom. The maximum absolute atomic E-state index is 12.6. The van der Waals surface area contributed by atoms with Crippen molar-refractivity contribution in [1.82, 2.24) is 4.98 Å². The molecule has 0 aromatic carbocycles. The summed E-state index contributed by atoms with van der Waals surface area (Å²) < 4.78 is 34.9. The number of halogens is 2. The first-order valence-corrected chi connectivity index (χ1v) is 5.01. The average molecular weight is 245 g/mol. The van der Waals surface area contributed by atoms with Crippen molar-refractivity contribution in [2.45, 2.75) is 20.3 Å². The van der Waals surface area contributed by atoms with E-state index in [0.717, 1.165) is 6.20 Å². The van der Waals surface area contributed by atoms with E-state index in [9.17, 15) is 13.6 Å². The second kappa shape index (κ2) is 5.56. The molecule has 1 aromatic heterocycles. The van der Waals surface area contributed by atoms with E-state index >= 15 is 0 Å². The summed E-state index contributed by atoms with van der Waals surface area (Å²) >= 11 is 0. The van der Waals surface area contributed by atoms with Crippen LogP contribution in [0.5, 0.6) is 5.75 Å². The number of methoxy groups -OCH3 is 1. The molecule has 0 saturated carbocycles. The summed E-state index contributed by atoms with van der Waals surface area (Å²) in [5.41, 5.74) is -0.147. The van der Waals surface area contributed by atoms with Gasteiger partial charge in [0.1, 0.15) is 0 Å². The summed E-state index contributed by atoms with van der Waals surface area (Å²) in [6, 6.07) is 0. The van der Waals surface area contributed by atoms with Crippen LogP contribution in [-0.4, -0.2) is 24.7 Å². The Hall–Kier alpha value is -1.72. The summed E-state index contributed by atoms with van der Waals surface area (Å²) in [4.78, 5) is 15.2. The maximum atomic E-state index is 12.6. The number of hydrogen-bond acceptors (Lipinski definition) is 4. The van der Waals surface area contributed by atoms with Gasteiger partial charge in [0.15, 0.2) is 11.4 Å².